The molecular formula is C17H23N3OS. The monoisotopic (exact) mass is 317 g/mol. The summed E-state index contributed by atoms with van der Waals surface area (Å²) in [5, 5.41) is 10.8. The number of anilines is 1. The number of thiophene rings is 1. The van der Waals surface area contributed by atoms with E-state index in [0.717, 1.165) is 48.9 Å². The summed E-state index contributed by atoms with van der Waals surface area (Å²) in [5.74, 6) is 2.27. The van der Waals surface area contributed by atoms with Crippen molar-refractivity contribution >= 4 is 27.4 Å². The Hall–Kier alpha value is -1.20. The zero-order chi connectivity index (χ0) is 15.1. The molecule has 4 nitrogen and oxygen atoms in total. The second-order valence-electron chi connectivity index (χ2n) is 6.87. The fraction of sp³-hybridized carbons (Fsp3) is 0.647. The van der Waals surface area contributed by atoms with E-state index in [2.05, 4.69) is 21.8 Å². The summed E-state index contributed by atoms with van der Waals surface area (Å²) in [5.41, 5.74) is 1.50. The number of aryl methyl sites for hydroxylation is 1. The minimum atomic E-state index is 0.282. The van der Waals surface area contributed by atoms with Crippen molar-refractivity contribution in [1.82, 2.24) is 9.97 Å². The smallest absolute Gasteiger partial charge is 0.141 e. The van der Waals surface area contributed by atoms with E-state index < -0.39 is 0 Å². The van der Waals surface area contributed by atoms with E-state index in [0.29, 0.717) is 5.92 Å². The van der Waals surface area contributed by atoms with Crippen LogP contribution in [0.1, 0.15) is 36.6 Å². The molecule has 0 amide bonds. The van der Waals surface area contributed by atoms with E-state index >= 15 is 0 Å². The van der Waals surface area contributed by atoms with Crippen LogP contribution >= 0.6 is 11.3 Å². The molecule has 3 heterocycles. The van der Waals surface area contributed by atoms with Gasteiger partial charge in [0, 0.05) is 24.6 Å². The predicted octanol–water partition coefficient (Wildman–Crippen LogP) is 3.02. The van der Waals surface area contributed by atoms with Gasteiger partial charge in [-0.1, -0.05) is 6.92 Å². The van der Waals surface area contributed by atoms with Crippen molar-refractivity contribution in [3.63, 3.8) is 0 Å². The van der Waals surface area contributed by atoms with Crippen molar-refractivity contribution in [1.29, 1.82) is 0 Å². The maximum absolute atomic E-state index is 9.49. The van der Waals surface area contributed by atoms with E-state index in [1.165, 1.54) is 28.7 Å². The third-order valence-electron chi connectivity index (χ3n) is 5.15. The van der Waals surface area contributed by atoms with Crippen molar-refractivity contribution < 1.29 is 5.11 Å². The lowest BCUT2D eigenvalue weighted by Gasteiger charge is -2.33. The van der Waals surface area contributed by atoms with E-state index in [-0.39, 0.29) is 6.61 Å². The first kappa shape index (κ1) is 14.4. The van der Waals surface area contributed by atoms with Crippen LogP contribution in [0, 0.1) is 11.8 Å². The summed E-state index contributed by atoms with van der Waals surface area (Å²) in [6.07, 6.45) is 7.60. The molecule has 2 aromatic heterocycles. The van der Waals surface area contributed by atoms with Crippen LogP contribution in [0.3, 0.4) is 0 Å². The highest BCUT2D eigenvalue weighted by molar-refractivity contribution is 7.19. The minimum Gasteiger partial charge on any atom is -0.396 e. The lowest BCUT2D eigenvalue weighted by Crippen LogP contribution is -2.37. The molecule has 4 rings (SSSR count). The Labute approximate surface area is 135 Å². The maximum Gasteiger partial charge on any atom is 0.141 e. The molecular weight excluding hydrogens is 294 g/mol. The number of aliphatic hydroxyl groups is 1. The number of aromatic nitrogens is 2. The first-order valence-corrected chi connectivity index (χ1v) is 9.19. The second-order valence-corrected chi connectivity index (χ2v) is 7.95. The quantitative estimate of drug-likeness (QED) is 0.925. The molecule has 0 saturated carbocycles. The molecule has 0 bridgehead atoms. The van der Waals surface area contributed by atoms with Gasteiger partial charge in [-0.2, -0.15) is 0 Å². The second kappa shape index (κ2) is 5.78. The van der Waals surface area contributed by atoms with Gasteiger partial charge in [0.15, 0.2) is 0 Å². The van der Waals surface area contributed by atoms with Gasteiger partial charge in [-0.15, -0.1) is 11.3 Å². The van der Waals surface area contributed by atoms with Crippen LogP contribution in [-0.4, -0.2) is 34.8 Å². The maximum atomic E-state index is 9.49. The molecule has 0 radical (unpaired) electrons. The number of aliphatic hydroxyl groups excluding tert-OH is 1. The number of hydrogen-bond donors (Lipinski definition) is 1. The summed E-state index contributed by atoms with van der Waals surface area (Å²) < 4.78 is 0. The van der Waals surface area contributed by atoms with Crippen molar-refractivity contribution in [3.05, 3.63) is 16.8 Å². The number of piperidine rings is 1. The molecule has 118 valence electrons. The Balaban J connectivity index is 1.78. The van der Waals surface area contributed by atoms with E-state index in [1.54, 1.807) is 6.33 Å². The van der Waals surface area contributed by atoms with Crippen LogP contribution in [0.2, 0.25) is 0 Å². The normalized spacial score (nSPS) is 25.5. The Morgan fingerprint density at radius 1 is 1.36 bits per heavy atom. The van der Waals surface area contributed by atoms with Gasteiger partial charge in [-0.3, -0.25) is 0 Å². The average Bonchev–Trinajstić information content (AvgIpc) is 2.92. The molecule has 1 aliphatic heterocycles. The standard InChI is InChI=1S/C17H23N3OS/c1-11-4-5-13-14(7-11)22-17-15(13)16(18-10-19-17)20-6-2-3-12(8-20)9-21/h10-12,21H,2-9H2,1H3. The minimum absolute atomic E-state index is 0.282. The lowest BCUT2D eigenvalue weighted by atomic mass is 9.89. The van der Waals surface area contributed by atoms with Gasteiger partial charge < -0.3 is 10.0 Å². The van der Waals surface area contributed by atoms with E-state index in [1.807, 2.05) is 11.3 Å². The van der Waals surface area contributed by atoms with Gasteiger partial charge in [-0.05, 0) is 49.5 Å². The molecule has 2 aromatic rings. The molecule has 5 heteroatoms. The van der Waals surface area contributed by atoms with Crippen molar-refractivity contribution in [3.8, 4) is 0 Å². The SMILES string of the molecule is CC1CCc2c(sc3ncnc(N4CCCC(CO)C4)c23)C1. The molecule has 2 atom stereocenters. The molecule has 1 saturated heterocycles. The molecule has 1 N–H and O–H groups in total. The average molecular weight is 317 g/mol. The largest absolute Gasteiger partial charge is 0.396 e. The summed E-state index contributed by atoms with van der Waals surface area (Å²) in [6, 6.07) is 0. The van der Waals surface area contributed by atoms with Crippen LogP contribution in [-0.2, 0) is 12.8 Å². The Bertz CT molecular complexity index is 684. The molecule has 0 spiro atoms. The van der Waals surface area contributed by atoms with Gasteiger partial charge in [0.1, 0.15) is 17.0 Å². The summed E-state index contributed by atoms with van der Waals surface area (Å²) in [4.78, 5) is 14.2. The van der Waals surface area contributed by atoms with Gasteiger partial charge in [0.25, 0.3) is 0 Å². The zero-order valence-electron chi connectivity index (χ0n) is 13.1. The third-order valence-corrected chi connectivity index (χ3v) is 6.31. The van der Waals surface area contributed by atoms with Gasteiger partial charge in [0.2, 0.25) is 0 Å². The fourth-order valence-electron chi connectivity index (χ4n) is 3.90. The van der Waals surface area contributed by atoms with E-state index in [4.69, 9.17) is 0 Å². The lowest BCUT2D eigenvalue weighted by molar-refractivity contribution is 0.208. The topological polar surface area (TPSA) is 49.2 Å². The zero-order valence-corrected chi connectivity index (χ0v) is 13.9. The molecule has 1 fully saturated rings. The Morgan fingerprint density at radius 2 is 2.27 bits per heavy atom. The highest BCUT2D eigenvalue weighted by Gasteiger charge is 2.27. The fourth-order valence-corrected chi connectivity index (χ4v) is 5.25. The van der Waals surface area contributed by atoms with Crippen LogP contribution in [0.5, 0.6) is 0 Å². The van der Waals surface area contributed by atoms with Gasteiger partial charge in [0.05, 0.1) is 5.39 Å². The summed E-state index contributed by atoms with van der Waals surface area (Å²) >= 11 is 1.86. The van der Waals surface area contributed by atoms with Crippen molar-refractivity contribution in [2.45, 2.75) is 39.0 Å². The van der Waals surface area contributed by atoms with Crippen LogP contribution in [0.25, 0.3) is 10.2 Å². The summed E-state index contributed by atoms with van der Waals surface area (Å²) in [7, 11) is 0. The van der Waals surface area contributed by atoms with Crippen molar-refractivity contribution in [2.24, 2.45) is 11.8 Å². The molecule has 2 aliphatic rings. The highest BCUT2D eigenvalue weighted by Crippen LogP contribution is 2.41. The van der Waals surface area contributed by atoms with E-state index in [9.17, 15) is 5.11 Å². The first-order valence-electron chi connectivity index (χ1n) is 8.37. The number of rotatable bonds is 2. The predicted molar refractivity (Wildman–Crippen MR) is 90.6 cm³/mol. The van der Waals surface area contributed by atoms with Gasteiger partial charge in [-0.25, -0.2) is 9.97 Å². The number of hydrogen-bond acceptors (Lipinski definition) is 5. The molecule has 0 aromatic carbocycles. The molecule has 22 heavy (non-hydrogen) atoms. The van der Waals surface area contributed by atoms with Crippen molar-refractivity contribution in [2.75, 3.05) is 24.6 Å². The number of nitrogens with zero attached hydrogens (tertiary/aromatic N) is 3. The first-order chi connectivity index (χ1) is 10.8. The molecule has 1 aliphatic carbocycles. The van der Waals surface area contributed by atoms with Gasteiger partial charge >= 0.3 is 0 Å². The Kier molecular flexibility index (Phi) is 3.78. The Morgan fingerprint density at radius 3 is 3.14 bits per heavy atom. The highest BCUT2D eigenvalue weighted by atomic mass is 32.1. The van der Waals surface area contributed by atoms with Crippen LogP contribution < -0.4 is 4.90 Å². The number of fused-ring (bicyclic) bond motifs is 3. The van der Waals surface area contributed by atoms with Crippen LogP contribution in [0.4, 0.5) is 5.82 Å². The third kappa shape index (κ3) is 2.40. The molecule has 2 unspecified atom stereocenters. The summed E-state index contributed by atoms with van der Waals surface area (Å²) in [6.45, 7) is 4.59. The van der Waals surface area contributed by atoms with Crippen LogP contribution in [0.15, 0.2) is 6.33 Å².